The number of hydrogen-bond acceptors (Lipinski definition) is 5. The van der Waals surface area contributed by atoms with Crippen molar-refractivity contribution in [2.75, 3.05) is 14.2 Å². The van der Waals surface area contributed by atoms with Crippen molar-refractivity contribution in [1.82, 2.24) is 15.0 Å². The molecule has 0 saturated carbocycles. The summed E-state index contributed by atoms with van der Waals surface area (Å²) in [5, 5.41) is 8.18. The molecule has 0 unspecified atom stereocenters. The predicted molar refractivity (Wildman–Crippen MR) is 107 cm³/mol. The number of rotatable bonds is 4. The van der Waals surface area contributed by atoms with Crippen LogP contribution in [0.5, 0.6) is 5.75 Å². The Hall–Kier alpha value is -3.67. The minimum Gasteiger partial charge on any atom is -0.497 e. The number of esters is 1. The molecule has 4 rings (SSSR count). The van der Waals surface area contributed by atoms with Gasteiger partial charge in [-0.05, 0) is 46.5 Å². The third kappa shape index (κ3) is 3.09. The summed E-state index contributed by atoms with van der Waals surface area (Å²) < 4.78 is 11.7. The Morgan fingerprint density at radius 1 is 0.857 bits per heavy atom. The number of methoxy groups -OCH3 is 2. The molecule has 0 N–H and O–H groups in total. The van der Waals surface area contributed by atoms with Crippen molar-refractivity contribution in [3.63, 3.8) is 0 Å². The van der Waals surface area contributed by atoms with Gasteiger partial charge >= 0.3 is 5.97 Å². The summed E-state index contributed by atoms with van der Waals surface area (Å²) in [6.45, 7) is 0. The van der Waals surface area contributed by atoms with Crippen LogP contribution in [0, 0.1) is 0 Å². The zero-order valence-corrected chi connectivity index (χ0v) is 15.8. The van der Waals surface area contributed by atoms with Gasteiger partial charge in [0.15, 0.2) is 0 Å². The van der Waals surface area contributed by atoms with Crippen molar-refractivity contribution in [2.24, 2.45) is 7.05 Å². The highest BCUT2D eigenvalue weighted by molar-refractivity contribution is 6.04. The number of ether oxygens (including phenoxy) is 2. The standard InChI is InChI=1S/C22H19N3O3/c1-25-21-19(22(26)28-3)12-17(13-20(21)23-24-25)16-6-4-14(5-7-16)15-8-10-18(27-2)11-9-15/h4-13H,1-3H3. The van der Waals surface area contributed by atoms with E-state index in [2.05, 4.69) is 22.4 Å². The van der Waals surface area contributed by atoms with Gasteiger partial charge in [-0.15, -0.1) is 5.10 Å². The van der Waals surface area contributed by atoms with E-state index in [0.29, 0.717) is 16.6 Å². The van der Waals surface area contributed by atoms with Gasteiger partial charge in [0.1, 0.15) is 16.8 Å². The average Bonchev–Trinajstić information content (AvgIpc) is 3.13. The zero-order chi connectivity index (χ0) is 19.7. The van der Waals surface area contributed by atoms with Crippen molar-refractivity contribution < 1.29 is 14.3 Å². The van der Waals surface area contributed by atoms with Crippen LogP contribution in [-0.2, 0) is 11.8 Å². The van der Waals surface area contributed by atoms with E-state index in [4.69, 9.17) is 9.47 Å². The molecule has 0 aliphatic carbocycles. The number of hydrogen-bond donors (Lipinski definition) is 0. The predicted octanol–water partition coefficient (Wildman–Crippen LogP) is 4.10. The Morgan fingerprint density at radius 3 is 2.00 bits per heavy atom. The largest absolute Gasteiger partial charge is 0.497 e. The molecule has 1 heterocycles. The highest BCUT2D eigenvalue weighted by Crippen LogP contribution is 2.29. The third-order valence-corrected chi connectivity index (χ3v) is 4.75. The molecule has 1 aromatic heterocycles. The fourth-order valence-corrected chi connectivity index (χ4v) is 3.27. The smallest absolute Gasteiger partial charge is 0.340 e. The SMILES string of the molecule is COC(=O)c1cc(-c2ccc(-c3ccc(OC)cc3)cc2)cc2nnn(C)c12. The molecule has 6 heteroatoms. The topological polar surface area (TPSA) is 66.2 Å². The van der Waals surface area contributed by atoms with Gasteiger partial charge < -0.3 is 9.47 Å². The van der Waals surface area contributed by atoms with Gasteiger partial charge in [-0.1, -0.05) is 41.6 Å². The van der Waals surface area contributed by atoms with Crippen LogP contribution >= 0.6 is 0 Å². The van der Waals surface area contributed by atoms with E-state index in [9.17, 15) is 4.79 Å². The number of aryl methyl sites for hydroxylation is 1. The van der Waals surface area contributed by atoms with E-state index in [-0.39, 0.29) is 0 Å². The molecule has 6 nitrogen and oxygen atoms in total. The maximum atomic E-state index is 12.3. The molecule has 0 fully saturated rings. The maximum Gasteiger partial charge on any atom is 0.340 e. The van der Waals surface area contributed by atoms with E-state index in [1.807, 2.05) is 48.5 Å². The normalized spacial score (nSPS) is 10.8. The molecule has 0 aliphatic rings. The molecule has 0 aliphatic heterocycles. The van der Waals surface area contributed by atoms with Crippen molar-refractivity contribution in [2.45, 2.75) is 0 Å². The maximum absolute atomic E-state index is 12.3. The van der Waals surface area contributed by atoms with E-state index in [0.717, 1.165) is 28.0 Å². The Balaban J connectivity index is 1.74. The third-order valence-electron chi connectivity index (χ3n) is 4.75. The molecule has 0 bridgehead atoms. The molecular formula is C22H19N3O3. The van der Waals surface area contributed by atoms with Crippen LogP contribution in [0.1, 0.15) is 10.4 Å². The van der Waals surface area contributed by atoms with Gasteiger partial charge in [0.2, 0.25) is 0 Å². The van der Waals surface area contributed by atoms with Crippen LogP contribution in [0.3, 0.4) is 0 Å². The summed E-state index contributed by atoms with van der Waals surface area (Å²) in [5.74, 6) is 0.417. The van der Waals surface area contributed by atoms with E-state index in [1.165, 1.54) is 7.11 Å². The van der Waals surface area contributed by atoms with E-state index in [1.54, 1.807) is 18.8 Å². The minimum absolute atomic E-state index is 0.410. The van der Waals surface area contributed by atoms with Gasteiger partial charge in [-0.25, -0.2) is 9.48 Å². The van der Waals surface area contributed by atoms with Crippen LogP contribution in [0.2, 0.25) is 0 Å². The average molecular weight is 373 g/mol. The summed E-state index contributed by atoms with van der Waals surface area (Å²) in [7, 11) is 4.78. The molecule has 0 radical (unpaired) electrons. The van der Waals surface area contributed by atoms with Crippen molar-refractivity contribution in [1.29, 1.82) is 0 Å². The molecule has 28 heavy (non-hydrogen) atoms. The first-order valence-corrected chi connectivity index (χ1v) is 8.77. The Kier molecular flexibility index (Phi) is 4.53. The lowest BCUT2D eigenvalue weighted by Gasteiger charge is -2.08. The molecular weight excluding hydrogens is 354 g/mol. The van der Waals surface area contributed by atoms with Gasteiger partial charge in [0, 0.05) is 7.05 Å². The zero-order valence-electron chi connectivity index (χ0n) is 15.8. The molecule has 0 spiro atoms. The second kappa shape index (κ2) is 7.15. The minimum atomic E-state index is -0.410. The summed E-state index contributed by atoms with van der Waals surface area (Å²) in [5.41, 5.74) is 5.82. The fourth-order valence-electron chi connectivity index (χ4n) is 3.27. The fraction of sp³-hybridized carbons (Fsp3) is 0.136. The molecule has 140 valence electrons. The van der Waals surface area contributed by atoms with Gasteiger partial charge in [-0.2, -0.15) is 0 Å². The summed E-state index contributed by atoms with van der Waals surface area (Å²) in [4.78, 5) is 12.3. The number of fused-ring (bicyclic) bond motifs is 1. The van der Waals surface area contributed by atoms with Gasteiger partial charge in [0.05, 0.1) is 19.8 Å². The Morgan fingerprint density at radius 2 is 1.43 bits per heavy atom. The molecule has 0 saturated heterocycles. The lowest BCUT2D eigenvalue weighted by Crippen LogP contribution is -2.05. The number of carbonyl (C=O) groups is 1. The summed E-state index contributed by atoms with van der Waals surface area (Å²) in [6.07, 6.45) is 0. The first-order chi connectivity index (χ1) is 13.6. The van der Waals surface area contributed by atoms with Crippen LogP contribution in [0.15, 0.2) is 60.7 Å². The second-order valence-corrected chi connectivity index (χ2v) is 6.40. The van der Waals surface area contributed by atoms with Crippen LogP contribution in [-0.4, -0.2) is 35.2 Å². The lowest BCUT2D eigenvalue weighted by molar-refractivity contribution is 0.0602. The van der Waals surface area contributed by atoms with Crippen molar-refractivity contribution >= 4 is 17.0 Å². The number of nitrogens with zero attached hydrogens (tertiary/aromatic N) is 3. The molecule has 3 aromatic carbocycles. The quantitative estimate of drug-likeness (QED) is 0.504. The first-order valence-electron chi connectivity index (χ1n) is 8.77. The summed E-state index contributed by atoms with van der Waals surface area (Å²) in [6, 6.07) is 19.8. The number of aromatic nitrogens is 3. The molecule has 0 atom stereocenters. The summed E-state index contributed by atoms with van der Waals surface area (Å²) >= 11 is 0. The van der Waals surface area contributed by atoms with E-state index >= 15 is 0 Å². The highest BCUT2D eigenvalue weighted by atomic mass is 16.5. The molecule has 0 amide bonds. The highest BCUT2D eigenvalue weighted by Gasteiger charge is 2.17. The lowest BCUT2D eigenvalue weighted by atomic mass is 9.98. The number of benzene rings is 3. The number of carbonyl (C=O) groups excluding carboxylic acids is 1. The van der Waals surface area contributed by atoms with Gasteiger partial charge in [-0.3, -0.25) is 0 Å². The van der Waals surface area contributed by atoms with Crippen molar-refractivity contribution in [3.05, 3.63) is 66.2 Å². The first kappa shape index (κ1) is 17.7. The molecule has 4 aromatic rings. The van der Waals surface area contributed by atoms with Crippen LogP contribution < -0.4 is 4.74 Å². The van der Waals surface area contributed by atoms with Crippen LogP contribution in [0.25, 0.3) is 33.3 Å². The van der Waals surface area contributed by atoms with E-state index < -0.39 is 5.97 Å². The van der Waals surface area contributed by atoms with Crippen LogP contribution in [0.4, 0.5) is 0 Å². The second-order valence-electron chi connectivity index (χ2n) is 6.40. The Bertz CT molecular complexity index is 1150. The van der Waals surface area contributed by atoms with Gasteiger partial charge in [0.25, 0.3) is 0 Å². The Labute approximate surface area is 162 Å². The monoisotopic (exact) mass is 373 g/mol. The van der Waals surface area contributed by atoms with Crippen molar-refractivity contribution in [3.8, 4) is 28.0 Å².